The maximum absolute atomic E-state index is 13.9. The first kappa shape index (κ1) is 32.0. The Morgan fingerprint density at radius 2 is 1.56 bits per heavy atom. The molecule has 0 unspecified atom stereocenters. The van der Waals surface area contributed by atoms with Crippen molar-refractivity contribution in [1.29, 1.82) is 0 Å². The fraction of sp³-hybridized carbons (Fsp3) is 0.375. The highest BCUT2D eigenvalue weighted by Crippen LogP contribution is 2.23. The normalized spacial score (nSPS) is 16.6. The van der Waals surface area contributed by atoms with E-state index < -0.39 is 53.4 Å². The van der Waals surface area contributed by atoms with Gasteiger partial charge >= 0.3 is 6.03 Å². The number of carbonyl (C=O) groups is 2. The Morgan fingerprint density at radius 1 is 0.953 bits per heavy atom. The molecule has 1 saturated heterocycles. The van der Waals surface area contributed by atoms with Gasteiger partial charge in [0, 0.05) is 31.8 Å². The monoisotopic (exact) mass is 600 g/mol. The van der Waals surface area contributed by atoms with Crippen molar-refractivity contribution in [2.45, 2.75) is 63.9 Å². The molecule has 0 saturated carbocycles. The van der Waals surface area contributed by atoms with Gasteiger partial charge in [0.25, 0.3) is 0 Å². The summed E-state index contributed by atoms with van der Waals surface area (Å²) in [5, 5.41) is 19.5. The molecule has 0 spiro atoms. The molecule has 3 atom stereocenters. The Hall–Kier alpha value is -3.96. The van der Waals surface area contributed by atoms with Gasteiger partial charge in [-0.25, -0.2) is 22.4 Å². The minimum absolute atomic E-state index is 0.0379. The number of aliphatic hydroxyl groups excluding tert-OH is 1. The molecule has 0 aliphatic carbocycles. The summed E-state index contributed by atoms with van der Waals surface area (Å²) in [7, 11) is 0. The van der Waals surface area contributed by atoms with Crippen LogP contribution in [0, 0.1) is 23.3 Å². The van der Waals surface area contributed by atoms with Crippen LogP contribution in [0.2, 0.25) is 0 Å². The average molecular weight is 601 g/mol. The van der Waals surface area contributed by atoms with Crippen molar-refractivity contribution in [3.63, 3.8) is 0 Å². The van der Waals surface area contributed by atoms with Crippen molar-refractivity contribution in [3.05, 3.63) is 106 Å². The molecule has 43 heavy (non-hydrogen) atoms. The van der Waals surface area contributed by atoms with E-state index in [0.29, 0.717) is 6.54 Å². The highest BCUT2D eigenvalue weighted by Gasteiger charge is 2.35. The summed E-state index contributed by atoms with van der Waals surface area (Å²) in [5.41, 5.74) is 2.56. The van der Waals surface area contributed by atoms with E-state index in [1.807, 2.05) is 18.2 Å². The highest BCUT2D eigenvalue weighted by atomic mass is 19.1. The summed E-state index contributed by atoms with van der Waals surface area (Å²) >= 11 is 0. The summed E-state index contributed by atoms with van der Waals surface area (Å²) in [5.74, 6) is -3.78. The zero-order chi connectivity index (χ0) is 31.3. The van der Waals surface area contributed by atoms with Gasteiger partial charge in [0.05, 0.1) is 18.7 Å². The molecule has 3 aromatic rings. The summed E-state index contributed by atoms with van der Waals surface area (Å²) in [6.07, 6.45) is -1.25. The second-order valence-corrected chi connectivity index (χ2v) is 11.9. The SMILES string of the molecule is CC(C)(C)c1cccc(CNC[C@@H](O)[C@H](Cc2cc(F)cc(F)c2)NC(=O)[C@@H]2CN(Cc3cc(F)cc(F)c3)C(=O)N2)c1. The summed E-state index contributed by atoms with van der Waals surface area (Å²) in [6, 6.07) is 11.3. The predicted molar refractivity (Wildman–Crippen MR) is 154 cm³/mol. The van der Waals surface area contributed by atoms with E-state index in [-0.39, 0.29) is 42.6 Å². The van der Waals surface area contributed by atoms with Crippen LogP contribution in [0.3, 0.4) is 0 Å². The van der Waals surface area contributed by atoms with Crippen LogP contribution in [0.15, 0.2) is 60.7 Å². The third-order valence-electron chi connectivity index (χ3n) is 7.25. The molecular weight excluding hydrogens is 564 g/mol. The number of benzene rings is 3. The molecule has 1 aliphatic heterocycles. The third-order valence-corrected chi connectivity index (χ3v) is 7.25. The van der Waals surface area contributed by atoms with E-state index in [0.717, 1.165) is 47.5 Å². The van der Waals surface area contributed by atoms with E-state index in [4.69, 9.17) is 0 Å². The zero-order valence-electron chi connectivity index (χ0n) is 24.3. The second kappa shape index (κ2) is 13.6. The Balaban J connectivity index is 1.42. The Labute approximate surface area is 248 Å². The first-order valence-electron chi connectivity index (χ1n) is 14.0. The van der Waals surface area contributed by atoms with Gasteiger partial charge in [-0.3, -0.25) is 4.79 Å². The standard InChI is InChI=1S/C32H36F4N4O3/c1-32(2,3)22-6-4-5-19(7-22)15-37-16-29(41)27(12-20-8-23(33)13-24(34)9-20)38-30(42)28-18-40(31(43)39-28)17-21-10-25(35)14-26(36)11-21/h4-11,13-14,27-29,37,41H,12,15-18H2,1-3H3,(H,38,42)(H,39,43)/t27-,28-,29+/m0/s1. The average Bonchev–Trinajstić information content (AvgIpc) is 3.26. The van der Waals surface area contributed by atoms with Crippen LogP contribution in [0.4, 0.5) is 22.4 Å². The molecule has 11 heteroatoms. The topological polar surface area (TPSA) is 93.7 Å². The van der Waals surface area contributed by atoms with E-state index >= 15 is 0 Å². The minimum Gasteiger partial charge on any atom is -0.390 e. The van der Waals surface area contributed by atoms with Gasteiger partial charge in [-0.1, -0.05) is 45.0 Å². The maximum Gasteiger partial charge on any atom is 0.318 e. The first-order chi connectivity index (χ1) is 20.3. The van der Waals surface area contributed by atoms with Crippen molar-refractivity contribution in [2.24, 2.45) is 0 Å². The van der Waals surface area contributed by atoms with Crippen LogP contribution in [0.1, 0.15) is 43.0 Å². The number of urea groups is 1. The molecular formula is C32H36F4N4O3. The van der Waals surface area contributed by atoms with Crippen molar-refractivity contribution < 1.29 is 32.3 Å². The number of hydrogen-bond acceptors (Lipinski definition) is 4. The van der Waals surface area contributed by atoms with Crippen LogP contribution < -0.4 is 16.0 Å². The molecule has 7 nitrogen and oxygen atoms in total. The summed E-state index contributed by atoms with van der Waals surface area (Å²) in [6.45, 7) is 6.60. The highest BCUT2D eigenvalue weighted by molar-refractivity contribution is 5.90. The largest absolute Gasteiger partial charge is 0.390 e. The third kappa shape index (κ3) is 9.01. The quantitative estimate of drug-likeness (QED) is 0.247. The lowest BCUT2D eigenvalue weighted by Crippen LogP contribution is -2.53. The summed E-state index contributed by atoms with van der Waals surface area (Å²) < 4.78 is 55.0. The van der Waals surface area contributed by atoms with E-state index in [9.17, 15) is 32.3 Å². The predicted octanol–water partition coefficient (Wildman–Crippen LogP) is 4.31. The minimum atomic E-state index is -1.16. The lowest BCUT2D eigenvalue weighted by molar-refractivity contribution is -0.124. The van der Waals surface area contributed by atoms with Gasteiger partial charge in [0.15, 0.2) is 0 Å². The number of aliphatic hydroxyl groups is 1. The van der Waals surface area contributed by atoms with E-state index in [1.165, 1.54) is 4.90 Å². The number of nitrogens with one attached hydrogen (secondary N) is 3. The maximum atomic E-state index is 13.9. The first-order valence-corrected chi connectivity index (χ1v) is 14.0. The molecule has 3 amide bonds. The Bertz CT molecular complexity index is 1420. The number of hydrogen-bond donors (Lipinski definition) is 4. The Kier molecular flexibility index (Phi) is 10.1. The molecule has 1 aliphatic rings. The van der Waals surface area contributed by atoms with Crippen LogP contribution >= 0.6 is 0 Å². The fourth-order valence-corrected chi connectivity index (χ4v) is 5.00. The van der Waals surface area contributed by atoms with E-state index in [1.54, 1.807) is 0 Å². The van der Waals surface area contributed by atoms with Crippen molar-refractivity contribution in [1.82, 2.24) is 20.9 Å². The molecule has 3 aromatic carbocycles. The smallest absolute Gasteiger partial charge is 0.318 e. The van der Waals surface area contributed by atoms with Gasteiger partial charge in [0.2, 0.25) is 5.91 Å². The lowest BCUT2D eigenvalue weighted by Gasteiger charge is -2.26. The molecule has 230 valence electrons. The van der Waals surface area contributed by atoms with Gasteiger partial charge in [0.1, 0.15) is 29.3 Å². The molecule has 4 N–H and O–H groups in total. The number of amides is 3. The van der Waals surface area contributed by atoms with Gasteiger partial charge in [-0.15, -0.1) is 0 Å². The van der Waals surface area contributed by atoms with Crippen molar-refractivity contribution in [3.8, 4) is 0 Å². The van der Waals surface area contributed by atoms with Crippen LogP contribution in [0.5, 0.6) is 0 Å². The van der Waals surface area contributed by atoms with Crippen molar-refractivity contribution >= 4 is 11.9 Å². The number of halogens is 4. The van der Waals surface area contributed by atoms with Crippen molar-refractivity contribution in [2.75, 3.05) is 13.1 Å². The Morgan fingerprint density at radius 3 is 2.16 bits per heavy atom. The molecule has 4 rings (SSSR count). The molecule has 0 radical (unpaired) electrons. The second-order valence-electron chi connectivity index (χ2n) is 11.9. The zero-order valence-corrected chi connectivity index (χ0v) is 24.3. The number of carbonyl (C=O) groups excluding carboxylic acids is 2. The number of nitrogens with zero attached hydrogens (tertiary/aromatic N) is 1. The molecule has 0 bridgehead atoms. The fourth-order valence-electron chi connectivity index (χ4n) is 5.00. The lowest BCUT2D eigenvalue weighted by atomic mass is 9.86. The van der Waals surface area contributed by atoms with E-state index in [2.05, 4.69) is 42.8 Å². The number of rotatable bonds is 11. The molecule has 1 heterocycles. The van der Waals surface area contributed by atoms with Gasteiger partial charge < -0.3 is 26.0 Å². The summed E-state index contributed by atoms with van der Waals surface area (Å²) in [4.78, 5) is 27.0. The van der Waals surface area contributed by atoms with Crippen LogP contribution in [-0.4, -0.2) is 53.2 Å². The van der Waals surface area contributed by atoms with Crippen LogP contribution in [0.25, 0.3) is 0 Å². The molecule has 0 aromatic heterocycles. The molecule has 1 fully saturated rings. The van der Waals surface area contributed by atoms with Gasteiger partial charge in [-0.2, -0.15) is 0 Å². The van der Waals surface area contributed by atoms with Gasteiger partial charge in [-0.05, 0) is 58.4 Å². The van der Waals surface area contributed by atoms with Crippen LogP contribution in [-0.2, 0) is 29.7 Å².